The molecule has 0 aliphatic heterocycles. The molecule has 1 aromatic carbocycles. The van der Waals surface area contributed by atoms with E-state index in [1.807, 2.05) is 13.8 Å². The van der Waals surface area contributed by atoms with Gasteiger partial charge in [-0.25, -0.2) is 4.98 Å². The molecule has 0 saturated heterocycles. The molecule has 21 heavy (non-hydrogen) atoms. The highest BCUT2D eigenvalue weighted by Crippen LogP contribution is 2.41. The van der Waals surface area contributed by atoms with Crippen molar-refractivity contribution in [1.82, 2.24) is 4.98 Å². The fourth-order valence-corrected chi connectivity index (χ4v) is 3.63. The second kappa shape index (κ2) is 5.77. The number of ether oxygens (including phenoxy) is 1. The van der Waals surface area contributed by atoms with Crippen LogP contribution in [0.2, 0.25) is 0 Å². The smallest absolute Gasteiger partial charge is 0.359 e. The van der Waals surface area contributed by atoms with Gasteiger partial charge in [0, 0.05) is 10.4 Å². The lowest BCUT2D eigenvalue weighted by molar-refractivity contribution is 0.380. The van der Waals surface area contributed by atoms with Gasteiger partial charge in [-0.2, -0.15) is 0 Å². The topological polar surface area (TPSA) is 106 Å². The Morgan fingerprint density at radius 3 is 2.57 bits per heavy atom. The number of benzene rings is 1. The van der Waals surface area contributed by atoms with Crippen molar-refractivity contribution in [2.75, 3.05) is 12.8 Å². The zero-order chi connectivity index (χ0) is 15.8. The van der Waals surface area contributed by atoms with Gasteiger partial charge in [0.1, 0.15) is 11.1 Å². The van der Waals surface area contributed by atoms with Crippen molar-refractivity contribution >= 4 is 29.4 Å². The third-order valence-corrected chi connectivity index (χ3v) is 5.12. The Bertz CT molecular complexity index is 708. The lowest BCUT2D eigenvalue weighted by atomic mass is 10.1. The summed E-state index contributed by atoms with van der Waals surface area (Å²) in [6.45, 7) is 4.04. The Morgan fingerprint density at radius 2 is 2.05 bits per heavy atom. The van der Waals surface area contributed by atoms with Gasteiger partial charge in [-0.1, -0.05) is 13.8 Å². The molecule has 0 bridgehead atoms. The molecule has 2 aromatic rings. The van der Waals surface area contributed by atoms with Crippen LogP contribution in [0, 0.1) is 0 Å². The van der Waals surface area contributed by atoms with E-state index in [-0.39, 0.29) is 17.0 Å². The molecule has 1 aromatic heterocycles. The molecule has 0 unspecified atom stereocenters. The van der Waals surface area contributed by atoms with E-state index in [2.05, 4.69) is 4.98 Å². The number of hydrogen-bond acceptors (Lipinski definition) is 5. The van der Waals surface area contributed by atoms with Gasteiger partial charge < -0.3 is 20.3 Å². The van der Waals surface area contributed by atoms with Gasteiger partial charge in [0.15, 0.2) is 5.13 Å². The zero-order valence-corrected chi connectivity index (χ0v) is 13.6. The molecule has 2 rings (SSSR count). The fraction of sp³-hybridized carbons (Fsp3) is 0.308. The van der Waals surface area contributed by atoms with Crippen molar-refractivity contribution in [2.45, 2.75) is 19.8 Å². The Kier molecular flexibility index (Phi) is 4.39. The van der Waals surface area contributed by atoms with Gasteiger partial charge in [-0.05, 0) is 24.1 Å². The van der Waals surface area contributed by atoms with Crippen LogP contribution in [0.4, 0.5) is 5.13 Å². The molecule has 0 amide bonds. The summed E-state index contributed by atoms with van der Waals surface area (Å²) in [6.07, 6.45) is 0. The Balaban J connectivity index is 2.64. The zero-order valence-electron chi connectivity index (χ0n) is 11.9. The number of nitrogen functional groups attached to an aromatic ring is 1. The molecule has 114 valence electrons. The number of nitrogens with two attached hydrogens (primary N) is 1. The Labute approximate surface area is 126 Å². The average Bonchev–Trinajstić information content (AvgIpc) is 2.79. The maximum atomic E-state index is 11.6. The highest BCUT2D eigenvalue weighted by Gasteiger charge is 2.24. The van der Waals surface area contributed by atoms with Crippen LogP contribution < -0.4 is 15.8 Å². The lowest BCUT2D eigenvalue weighted by Crippen LogP contribution is -2.08. The molecule has 0 saturated carbocycles. The maximum absolute atomic E-state index is 11.6. The average molecular weight is 328 g/mol. The number of aromatic nitrogens is 1. The summed E-state index contributed by atoms with van der Waals surface area (Å²) < 4.78 is 16.6. The molecular weight excluding hydrogens is 311 g/mol. The molecule has 1 heterocycles. The summed E-state index contributed by atoms with van der Waals surface area (Å²) in [4.78, 5) is 24.2. The van der Waals surface area contributed by atoms with Crippen LogP contribution in [0.3, 0.4) is 0 Å². The lowest BCUT2D eigenvalue weighted by Gasteiger charge is -2.12. The summed E-state index contributed by atoms with van der Waals surface area (Å²) in [5.41, 5.74) is 7.04. The molecule has 0 spiro atoms. The van der Waals surface area contributed by atoms with Crippen LogP contribution in [0.5, 0.6) is 5.75 Å². The van der Waals surface area contributed by atoms with Crippen LogP contribution in [-0.4, -0.2) is 21.9 Å². The monoisotopic (exact) mass is 328 g/mol. The van der Waals surface area contributed by atoms with E-state index in [1.165, 1.54) is 30.6 Å². The highest BCUT2D eigenvalue weighted by molar-refractivity contribution is 7.60. The molecule has 0 fully saturated rings. The minimum Gasteiger partial charge on any atom is -0.496 e. The second-order valence-electron chi connectivity index (χ2n) is 4.85. The van der Waals surface area contributed by atoms with Gasteiger partial charge in [0.05, 0.1) is 12.8 Å². The second-order valence-corrected chi connectivity index (χ2v) is 7.48. The molecule has 0 atom stereocenters. The quantitative estimate of drug-likeness (QED) is 0.744. The number of nitrogens with zero attached hydrogens (tertiary/aromatic N) is 1. The SMILES string of the molecule is COc1ccc(-c2nc(N)sc2C(C)C)cc1P(=O)(O)O. The predicted octanol–water partition coefficient (Wildman–Crippen LogP) is 2.33. The van der Waals surface area contributed by atoms with Crippen LogP contribution in [-0.2, 0) is 4.57 Å². The van der Waals surface area contributed by atoms with Crippen LogP contribution in [0.25, 0.3) is 11.3 Å². The van der Waals surface area contributed by atoms with E-state index in [1.54, 1.807) is 6.07 Å². The molecule has 8 heteroatoms. The number of thiazole rings is 1. The molecule has 0 aliphatic carbocycles. The minimum atomic E-state index is -4.43. The normalized spacial score (nSPS) is 11.9. The number of anilines is 1. The van der Waals surface area contributed by atoms with Crippen LogP contribution >= 0.6 is 18.9 Å². The standard InChI is InChI=1S/C13H17N2O4PS/c1-7(2)12-11(15-13(14)21-12)8-4-5-9(19-3)10(6-8)20(16,17)18/h4-7H,1-3H3,(H2,14,15)(H2,16,17,18). The summed E-state index contributed by atoms with van der Waals surface area (Å²) >= 11 is 1.38. The maximum Gasteiger partial charge on any atom is 0.359 e. The molecular formula is C13H17N2O4PS. The first-order valence-corrected chi connectivity index (χ1v) is 8.67. The predicted molar refractivity (Wildman–Crippen MR) is 84.3 cm³/mol. The van der Waals surface area contributed by atoms with Crippen molar-refractivity contribution in [2.24, 2.45) is 0 Å². The van der Waals surface area contributed by atoms with E-state index >= 15 is 0 Å². The fourth-order valence-electron chi connectivity index (χ4n) is 2.01. The first-order valence-electron chi connectivity index (χ1n) is 6.24. The van der Waals surface area contributed by atoms with Gasteiger partial charge in [0.2, 0.25) is 0 Å². The van der Waals surface area contributed by atoms with Gasteiger partial charge in [0.25, 0.3) is 0 Å². The Morgan fingerprint density at radius 1 is 1.38 bits per heavy atom. The molecule has 0 aliphatic rings. The van der Waals surface area contributed by atoms with E-state index in [0.29, 0.717) is 16.4 Å². The summed E-state index contributed by atoms with van der Waals surface area (Å²) in [6, 6.07) is 4.67. The van der Waals surface area contributed by atoms with Crippen molar-refractivity contribution in [3.63, 3.8) is 0 Å². The highest BCUT2D eigenvalue weighted by atomic mass is 32.1. The summed E-state index contributed by atoms with van der Waals surface area (Å²) in [5, 5.41) is 0.283. The third-order valence-electron chi connectivity index (χ3n) is 2.96. The molecule has 0 radical (unpaired) electrons. The first kappa shape index (κ1) is 16.0. The largest absolute Gasteiger partial charge is 0.496 e. The minimum absolute atomic E-state index is 0.149. The van der Waals surface area contributed by atoms with Crippen molar-refractivity contribution in [3.05, 3.63) is 23.1 Å². The van der Waals surface area contributed by atoms with Crippen molar-refractivity contribution in [3.8, 4) is 17.0 Å². The van der Waals surface area contributed by atoms with Crippen LogP contribution in [0.1, 0.15) is 24.6 Å². The summed E-state index contributed by atoms with van der Waals surface area (Å²) in [5.74, 6) is 0.372. The van der Waals surface area contributed by atoms with E-state index < -0.39 is 7.60 Å². The number of methoxy groups -OCH3 is 1. The Hall–Kier alpha value is -1.40. The van der Waals surface area contributed by atoms with Crippen molar-refractivity contribution in [1.29, 1.82) is 0 Å². The summed E-state index contributed by atoms with van der Waals surface area (Å²) in [7, 11) is -3.06. The first-order chi connectivity index (χ1) is 9.74. The van der Waals surface area contributed by atoms with Gasteiger partial charge in [-0.15, -0.1) is 11.3 Å². The van der Waals surface area contributed by atoms with Gasteiger partial charge in [-0.3, -0.25) is 4.57 Å². The van der Waals surface area contributed by atoms with E-state index in [0.717, 1.165) is 4.88 Å². The van der Waals surface area contributed by atoms with Crippen LogP contribution in [0.15, 0.2) is 18.2 Å². The third kappa shape index (κ3) is 3.27. The van der Waals surface area contributed by atoms with Crippen molar-refractivity contribution < 1.29 is 19.1 Å². The van der Waals surface area contributed by atoms with E-state index in [9.17, 15) is 14.4 Å². The van der Waals surface area contributed by atoms with Gasteiger partial charge >= 0.3 is 7.60 Å². The van der Waals surface area contributed by atoms with E-state index in [4.69, 9.17) is 10.5 Å². The number of rotatable bonds is 4. The molecule has 6 nitrogen and oxygen atoms in total. The number of hydrogen-bond donors (Lipinski definition) is 3. The molecule has 4 N–H and O–H groups in total.